The van der Waals surface area contributed by atoms with E-state index in [2.05, 4.69) is 29.9 Å². The van der Waals surface area contributed by atoms with Gasteiger partial charge >= 0.3 is 0 Å². The van der Waals surface area contributed by atoms with Crippen LogP contribution in [0.15, 0.2) is 11.1 Å². The van der Waals surface area contributed by atoms with Crippen molar-refractivity contribution in [3.8, 4) is 0 Å². The van der Waals surface area contributed by atoms with Crippen molar-refractivity contribution in [2.45, 2.75) is 20.3 Å². The van der Waals surface area contributed by atoms with Gasteiger partial charge in [-0.05, 0) is 30.9 Å². The van der Waals surface area contributed by atoms with Gasteiger partial charge in [-0.2, -0.15) is 0 Å². The van der Waals surface area contributed by atoms with Crippen LogP contribution in [0.1, 0.15) is 18.2 Å². The van der Waals surface area contributed by atoms with Gasteiger partial charge in [-0.3, -0.25) is 0 Å². The fourth-order valence-electron chi connectivity index (χ4n) is 1.50. The summed E-state index contributed by atoms with van der Waals surface area (Å²) >= 11 is 0. The summed E-state index contributed by atoms with van der Waals surface area (Å²) < 4.78 is 0. The second kappa shape index (κ2) is 2.22. The Morgan fingerprint density at radius 1 is 1.64 bits per heavy atom. The van der Waals surface area contributed by atoms with Crippen LogP contribution in [-0.2, 0) is 6.42 Å². The second-order valence-corrected chi connectivity index (χ2v) is 3.29. The Labute approximate surface area is 66.4 Å². The number of fused-ring (bicyclic) bond motifs is 1. The highest BCUT2D eigenvalue weighted by atomic mass is 14.9. The molecule has 1 unspecified atom stereocenters. The molecular formula is C9H12N2. The quantitative estimate of drug-likeness (QED) is 0.584. The van der Waals surface area contributed by atoms with E-state index in [1.54, 1.807) is 0 Å². The predicted octanol–water partition coefficient (Wildman–Crippen LogP) is 2.22. The van der Waals surface area contributed by atoms with Gasteiger partial charge in [-0.25, -0.2) is 4.99 Å². The maximum absolute atomic E-state index is 4.31. The first-order valence-corrected chi connectivity index (χ1v) is 3.98. The topological polar surface area (TPSA) is 28.1 Å². The number of aromatic nitrogens is 1. The SMILES string of the molecule is Cc1cc2c([nH]1)N=CC(C)C2. The van der Waals surface area contributed by atoms with Crippen LogP contribution in [0.5, 0.6) is 0 Å². The Bertz CT molecular complexity index is 297. The first kappa shape index (κ1) is 6.65. The molecule has 2 rings (SSSR count). The molecule has 0 bridgehead atoms. The van der Waals surface area contributed by atoms with Gasteiger partial charge in [-0.1, -0.05) is 6.92 Å². The molecule has 0 saturated carbocycles. The van der Waals surface area contributed by atoms with E-state index in [0.717, 1.165) is 12.2 Å². The minimum absolute atomic E-state index is 0.595. The standard InChI is InChI=1S/C9H12N2/c1-6-3-8-4-7(2)11-9(8)10-5-6/h4-6,11H,3H2,1-2H3. The molecule has 11 heavy (non-hydrogen) atoms. The summed E-state index contributed by atoms with van der Waals surface area (Å²) in [7, 11) is 0. The van der Waals surface area contributed by atoms with Crippen molar-refractivity contribution in [2.75, 3.05) is 0 Å². The predicted molar refractivity (Wildman–Crippen MR) is 46.5 cm³/mol. The van der Waals surface area contributed by atoms with Crippen LogP contribution in [0.3, 0.4) is 0 Å². The number of hydrogen-bond donors (Lipinski definition) is 1. The molecule has 0 saturated heterocycles. The number of aromatic amines is 1. The fraction of sp³-hybridized carbons (Fsp3) is 0.444. The Hall–Kier alpha value is -1.05. The highest BCUT2D eigenvalue weighted by molar-refractivity contribution is 5.69. The smallest absolute Gasteiger partial charge is 0.132 e. The van der Waals surface area contributed by atoms with Crippen molar-refractivity contribution in [1.82, 2.24) is 4.98 Å². The van der Waals surface area contributed by atoms with Gasteiger partial charge < -0.3 is 4.98 Å². The number of rotatable bonds is 0. The van der Waals surface area contributed by atoms with Crippen LogP contribution in [0.25, 0.3) is 0 Å². The lowest BCUT2D eigenvalue weighted by Gasteiger charge is -2.09. The number of aryl methyl sites for hydroxylation is 1. The highest BCUT2D eigenvalue weighted by Crippen LogP contribution is 2.25. The van der Waals surface area contributed by atoms with Crippen molar-refractivity contribution < 1.29 is 0 Å². The molecule has 0 fully saturated rings. The average molecular weight is 148 g/mol. The molecule has 0 amide bonds. The van der Waals surface area contributed by atoms with Gasteiger partial charge in [0.05, 0.1) is 0 Å². The zero-order chi connectivity index (χ0) is 7.84. The molecular weight excluding hydrogens is 136 g/mol. The van der Waals surface area contributed by atoms with Crippen LogP contribution < -0.4 is 0 Å². The second-order valence-electron chi connectivity index (χ2n) is 3.29. The summed E-state index contributed by atoms with van der Waals surface area (Å²) in [6.07, 6.45) is 3.14. The summed E-state index contributed by atoms with van der Waals surface area (Å²) in [6.45, 7) is 4.26. The van der Waals surface area contributed by atoms with Gasteiger partial charge in [0.25, 0.3) is 0 Å². The Kier molecular flexibility index (Phi) is 1.34. The number of nitrogens with one attached hydrogen (secondary N) is 1. The maximum Gasteiger partial charge on any atom is 0.132 e. The first-order valence-electron chi connectivity index (χ1n) is 3.98. The van der Waals surface area contributed by atoms with Crippen LogP contribution in [0, 0.1) is 12.8 Å². The largest absolute Gasteiger partial charge is 0.344 e. The number of nitrogens with zero attached hydrogens (tertiary/aromatic N) is 1. The van der Waals surface area contributed by atoms with Gasteiger partial charge in [0.2, 0.25) is 0 Å². The van der Waals surface area contributed by atoms with E-state index >= 15 is 0 Å². The molecule has 0 spiro atoms. The van der Waals surface area contributed by atoms with E-state index in [-0.39, 0.29) is 0 Å². The number of hydrogen-bond acceptors (Lipinski definition) is 1. The van der Waals surface area contributed by atoms with Gasteiger partial charge in [0.1, 0.15) is 5.82 Å². The van der Waals surface area contributed by atoms with E-state index in [4.69, 9.17) is 0 Å². The lowest BCUT2D eigenvalue weighted by molar-refractivity contribution is 0.771. The zero-order valence-corrected chi connectivity index (χ0v) is 6.89. The zero-order valence-electron chi connectivity index (χ0n) is 6.89. The summed E-state index contributed by atoms with van der Waals surface area (Å²) in [5, 5.41) is 0. The van der Waals surface area contributed by atoms with Gasteiger partial charge in [0, 0.05) is 11.9 Å². The lowest BCUT2D eigenvalue weighted by Crippen LogP contribution is -2.04. The Balaban J connectivity index is 2.44. The van der Waals surface area contributed by atoms with Gasteiger partial charge in [-0.15, -0.1) is 0 Å². The molecule has 1 aromatic rings. The molecule has 0 aromatic carbocycles. The molecule has 58 valence electrons. The number of H-pyrrole nitrogens is 1. The third-order valence-corrected chi connectivity index (χ3v) is 2.01. The molecule has 1 N–H and O–H groups in total. The third kappa shape index (κ3) is 1.09. The monoisotopic (exact) mass is 148 g/mol. The summed E-state index contributed by atoms with van der Waals surface area (Å²) in [5.74, 6) is 1.65. The minimum Gasteiger partial charge on any atom is -0.344 e. The molecule has 2 heterocycles. The van der Waals surface area contributed by atoms with Crippen molar-refractivity contribution in [2.24, 2.45) is 10.9 Å². The van der Waals surface area contributed by atoms with E-state index in [1.165, 1.54) is 11.3 Å². The van der Waals surface area contributed by atoms with Crippen LogP contribution in [0.2, 0.25) is 0 Å². The van der Waals surface area contributed by atoms with E-state index in [9.17, 15) is 0 Å². The van der Waals surface area contributed by atoms with Crippen LogP contribution in [0.4, 0.5) is 5.82 Å². The molecule has 0 aliphatic carbocycles. The van der Waals surface area contributed by atoms with E-state index in [0.29, 0.717) is 5.92 Å². The molecule has 1 aliphatic heterocycles. The van der Waals surface area contributed by atoms with Crippen molar-refractivity contribution in [1.29, 1.82) is 0 Å². The first-order chi connectivity index (χ1) is 5.25. The molecule has 0 radical (unpaired) electrons. The van der Waals surface area contributed by atoms with Crippen molar-refractivity contribution in [3.63, 3.8) is 0 Å². The molecule has 1 aromatic heterocycles. The average Bonchev–Trinajstić information content (AvgIpc) is 2.27. The van der Waals surface area contributed by atoms with Crippen molar-refractivity contribution >= 4 is 12.0 Å². The molecule has 1 aliphatic rings. The van der Waals surface area contributed by atoms with Crippen molar-refractivity contribution in [3.05, 3.63) is 17.3 Å². The third-order valence-electron chi connectivity index (χ3n) is 2.01. The number of aliphatic imine (C=N–C) groups is 1. The lowest BCUT2D eigenvalue weighted by atomic mass is 10.0. The van der Waals surface area contributed by atoms with E-state index < -0.39 is 0 Å². The molecule has 2 nitrogen and oxygen atoms in total. The van der Waals surface area contributed by atoms with E-state index in [1.807, 2.05) is 6.21 Å². The fourth-order valence-corrected chi connectivity index (χ4v) is 1.50. The Morgan fingerprint density at radius 3 is 3.27 bits per heavy atom. The molecule has 1 atom stereocenters. The molecule has 2 heteroatoms. The minimum atomic E-state index is 0.595. The summed E-state index contributed by atoms with van der Waals surface area (Å²) in [5.41, 5.74) is 2.57. The highest BCUT2D eigenvalue weighted by Gasteiger charge is 2.12. The summed E-state index contributed by atoms with van der Waals surface area (Å²) in [6, 6.07) is 2.18. The van der Waals surface area contributed by atoms with Crippen LogP contribution >= 0.6 is 0 Å². The summed E-state index contributed by atoms with van der Waals surface area (Å²) in [4.78, 5) is 7.53. The van der Waals surface area contributed by atoms with Crippen LogP contribution in [-0.4, -0.2) is 11.2 Å². The normalized spacial score (nSPS) is 21.8. The maximum atomic E-state index is 4.31. The Morgan fingerprint density at radius 2 is 2.45 bits per heavy atom. The van der Waals surface area contributed by atoms with Gasteiger partial charge in [0.15, 0.2) is 0 Å².